The van der Waals surface area contributed by atoms with Crippen molar-refractivity contribution in [3.8, 4) is 0 Å². The van der Waals surface area contributed by atoms with Gasteiger partial charge in [-0.25, -0.2) is 22.3 Å². The van der Waals surface area contributed by atoms with E-state index in [0.29, 0.717) is 12.8 Å². The first kappa shape index (κ1) is 17.2. The molecule has 4 N–H and O–H groups in total. The number of nitrogens with one attached hydrogen (secondary N) is 3. The van der Waals surface area contributed by atoms with E-state index in [1.807, 2.05) is 0 Å². The smallest absolute Gasteiger partial charge is 0.319 e. The predicted octanol–water partition coefficient (Wildman–Crippen LogP) is 0.863. The summed E-state index contributed by atoms with van der Waals surface area (Å²) in [6.07, 6.45) is 1.18. The number of hydrogen-bond donors (Lipinski definition) is 4. The minimum atomic E-state index is -3.99. The average Bonchev–Trinajstić information content (AvgIpc) is 3.23. The summed E-state index contributed by atoms with van der Waals surface area (Å²) >= 11 is 0. The first-order chi connectivity index (χ1) is 10.8. The van der Waals surface area contributed by atoms with Gasteiger partial charge in [0.15, 0.2) is 0 Å². The third-order valence-electron chi connectivity index (χ3n) is 3.00. The molecule has 2 amide bonds. The number of carboxylic acids is 1. The van der Waals surface area contributed by atoms with Gasteiger partial charge in [0.1, 0.15) is 10.7 Å². The van der Waals surface area contributed by atoms with Crippen LogP contribution in [0.4, 0.5) is 14.9 Å². The fourth-order valence-corrected chi connectivity index (χ4v) is 3.14. The molecule has 0 unspecified atom stereocenters. The van der Waals surface area contributed by atoms with Crippen molar-refractivity contribution in [1.29, 1.82) is 0 Å². The summed E-state index contributed by atoms with van der Waals surface area (Å²) in [5.74, 6) is -1.98. The predicted molar refractivity (Wildman–Crippen MR) is 79.0 cm³/mol. The quantitative estimate of drug-likeness (QED) is 0.583. The third kappa shape index (κ3) is 5.18. The number of carbonyl (C=O) groups excluding carboxylic acids is 1. The van der Waals surface area contributed by atoms with Gasteiger partial charge in [-0.05, 0) is 31.0 Å². The van der Waals surface area contributed by atoms with Gasteiger partial charge in [0.05, 0.1) is 6.42 Å². The van der Waals surface area contributed by atoms with E-state index in [-0.39, 0.29) is 24.7 Å². The highest BCUT2D eigenvalue weighted by Crippen LogP contribution is 2.25. The van der Waals surface area contributed by atoms with Gasteiger partial charge < -0.3 is 15.7 Å². The third-order valence-corrected chi connectivity index (χ3v) is 4.54. The summed E-state index contributed by atoms with van der Waals surface area (Å²) in [5.41, 5.74) is 0.0791. The van der Waals surface area contributed by atoms with Crippen LogP contribution in [0, 0.1) is 5.82 Å². The van der Waals surface area contributed by atoms with E-state index in [0.717, 1.165) is 12.1 Å². The highest BCUT2D eigenvalue weighted by Gasteiger charge is 2.29. The van der Waals surface area contributed by atoms with Crippen LogP contribution in [0.15, 0.2) is 23.1 Å². The van der Waals surface area contributed by atoms with Crippen molar-refractivity contribution in [2.45, 2.75) is 30.2 Å². The molecule has 1 aliphatic rings. The van der Waals surface area contributed by atoms with Crippen molar-refractivity contribution in [3.05, 3.63) is 24.0 Å². The lowest BCUT2D eigenvalue weighted by atomic mass is 10.3. The Hall–Kier alpha value is -2.20. The van der Waals surface area contributed by atoms with Crippen LogP contribution in [0.2, 0.25) is 0 Å². The summed E-state index contributed by atoms with van der Waals surface area (Å²) in [6, 6.07) is 2.28. The lowest BCUT2D eigenvalue weighted by Crippen LogP contribution is -2.31. The molecule has 1 fully saturated rings. The Morgan fingerprint density at radius 2 is 2.00 bits per heavy atom. The topological polar surface area (TPSA) is 125 Å². The number of hydrogen-bond acceptors (Lipinski definition) is 4. The number of anilines is 1. The summed E-state index contributed by atoms with van der Waals surface area (Å²) in [5, 5.41) is 13.1. The molecule has 0 bridgehead atoms. The van der Waals surface area contributed by atoms with Gasteiger partial charge in [0.25, 0.3) is 0 Å². The Morgan fingerprint density at radius 1 is 1.30 bits per heavy atom. The molecule has 2 rings (SSSR count). The fourth-order valence-electron chi connectivity index (χ4n) is 1.73. The molecule has 0 saturated heterocycles. The highest BCUT2D eigenvalue weighted by molar-refractivity contribution is 7.89. The van der Waals surface area contributed by atoms with E-state index < -0.39 is 32.7 Å². The zero-order valence-corrected chi connectivity index (χ0v) is 12.8. The lowest BCUT2D eigenvalue weighted by molar-refractivity contribution is -0.136. The second-order valence-corrected chi connectivity index (χ2v) is 6.75. The summed E-state index contributed by atoms with van der Waals surface area (Å²) in [4.78, 5) is 21.3. The van der Waals surface area contributed by atoms with E-state index >= 15 is 0 Å². The maximum atomic E-state index is 13.8. The van der Waals surface area contributed by atoms with Crippen molar-refractivity contribution in [2.24, 2.45) is 0 Å². The summed E-state index contributed by atoms with van der Waals surface area (Å²) in [7, 11) is -3.99. The van der Waals surface area contributed by atoms with E-state index in [1.165, 1.54) is 6.07 Å². The van der Waals surface area contributed by atoms with Gasteiger partial charge >= 0.3 is 12.0 Å². The first-order valence-electron chi connectivity index (χ1n) is 6.86. The van der Waals surface area contributed by atoms with Crippen molar-refractivity contribution >= 4 is 27.7 Å². The van der Waals surface area contributed by atoms with Crippen molar-refractivity contribution in [3.63, 3.8) is 0 Å². The number of urea groups is 1. The standard InChI is InChI=1S/C13H16FN3O5S/c14-10-4-3-9(16-13(20)15-6-5-12(18)19)7-11(10)23(21,22)17-8-1-2-8/h3-4,7-8,17H,1-2,5-6H2,(H,18,19)(H2,15,16,20). The Bertz CT molecular complexity index is 718. The molecule has 1 saturated carbocycles. The van der Waals surface area contributed by atoms with E-state index in [4.69, 9.17) is 5.11 Å². The average molecular weight is 345 g/mol. The molecule has 1 aromatic rings. The van der Waals surface area contributed by atoms with Crippen LogP contribution in [0.1, 0.15) is 19.3 Å². The molecular formula is C13H16FN3O5S. The zero-order chi connectivity index (χ0) is 17.0. The Morgan fingerprint density at radius 3 is 2.61 bits per heavy atom. The van der Waals surface area contributed by atoms with Crippen LogP contribution in [0.5, 0.6) is 0 Å². The monoisotopic (exact) mass is 345 g/mol. The molecule has 10 heteroatoms. The van der Waals surface area contributed by atoms with Gasteiger partial charge in [-0.15, -0.1) is 0 Å². The number of aliphatic carboxylic acids is 1. The Kier molecular flexibility index (Phi) is 5.16. The molecule has 0 aliphatic heterocycles. The molecule has 126 valence electrons. The molecule has 0 heterocycles. The zero-order valence-electron chi connectivity index (χ0n) is 12.0. The molecule has 0 aromatic heterocycles. The van der Waals surface area contributed by atoms with Gasteiger partial charge in [-0.3, -0.25) is 4.79 Å². The summed E-state index contributed by atoms with van der Waals surface area (Å²) < 4.78 is 40.2. The Labute approximate surface area is 132 Å². The van der Waals surface area contributed by atoms with Crippen molar-refractivity contribution in [2.75, 3.05) is 11.9 Å². The maximum Gasteiger partial charge on any atom is 0.319 e. The van der Waals surface area contributed by atoms with Crippen LogP contribution in [-0.4, -0.2) is 38.1 Å². The van der Waals surface area contributed by atoms with Gasteiger partial charge in [-0.2, -0.15) is 0 Å². The van der Waals surface area contributed by atoms with Crippen molar-refractivity contribution in [1.82, 2.24) is 10.0 Å². The highest BCUT2D eigenvalue weighted by atomic mass is 32.2. The van der Waals surface area contributed by atoms with E-state index in [9.17, 15) is 22.4 Å². The molecule has 0 radical (unpaired) electrons. The minimum Gasteiger partial charge on any atom is -0.481 e. The minimum absolute atomic E-state index is 0.0791. The molecular weight excluding hydrogens is 329 g/mol. The van der Waals surface area contributed by atoms with Crippen molar-refractivity contribution < 1.29 is 27.5 Å². The second-order valence-electron chi connectivity index (χ2n) is 5.07. The SMILES string of the molecule is O=C(O)CCNC(=O)Nc1ccc(F)c(S(=O)(=O)NC2CC2)c1. The largest absolute Gasteiger partial charge is 0.481 e. The number of sulfonamides is 1. The van der Waals surface area contributed by atoms with Crippen LogP contribution >= 0.6 is 0 Å². The molecule has 1 aromatic carbocycles. The maximum absolute atomic E-state index is 13.8. The molecule has 1 aliphatic carbocycles. The second kappa shape index (κ2) is 6.92. The number of carboxylic acid groups (broad SMARTS) is 1. The Balaban J connectivity index is 2.04. The number of rotatable bonds is 7. The van der Waals surface area contributed by atoms with Crippen LogP contribution in [0.25, 0.3) is 0 Å². The molecule has 0 spiro atoms. The van der Waals surface area contributed by atoms with Crippen LogP contribution < -0.4 is 15.4 Å². The number of amides is 2. The molecule has 0 atom stereocenters. The molecule has 23 heavy (non-hydrogen) atoms. The van der Waals surface area contributed by atoms with Gasteiger partial charge in [0.2, 0.25) is 10.0 Å². The fraction of sp³-hybridized carbons (Fsp3) is 0.385. The van der Waals surface area contributed by atoms with Gasteiger partial charge in [-0.1, -0.05) is 0 Å². The lowest BCUT2D eigenvalue weighted by Gasteiger charge is -2.10. The molecule has 8 nitrogen and oxygen atoms in total. The van der Waals surface area contributed by atoms with E-state index in [2.05, 4.69) is 15.4 Å². The normalized spacial score (nSPS) is 14.3. The van der Waals surface area contributed by atoms with Gasteiger partial charge in [0, 0.05) is 18.3 Å². The first-order valence-corrected chi connectivity index (χ1v) is 8.35. The summed E-state index contributed by atoms with van der Waals surface area (Å²) in [6.45, 7) is -0.0866. The van der Waals surface area contributed by atoms with Crippen LogP contribution in [-0.2, 0) is 14.8 Å². The van der Waals surface area contributed by atoms with Crippen LogP contribution in [0.3, 0.4) is 0 Å². The van der Waals surface area contributed by atoms with E-state index in [1.54, 1.807) is 0 Å². The number of halogens is 1. The number of carbonyl (C=O) groups is 2. The number of benzene rings is 1.